The van der Waals surface area contributed by atoms with E-state index in [1.165, 1.54) is 0 Å². The highest BCUT2D eigenvalue weighted by Gasteiger charge is 2.35. The first kappa shape index (κ1) is 17.8. The van der Waals surface area contributed by atoms with E-state index in [1.807, 2.05) is 23.1 Å². The minimum Gasteiger partial charge on any atom is -0.496 e. The van der Waals surface area contributed by atoms with E-state index in [0.717, 1.165) is 37.2 Å². The van der Waals surface area contributed by atoms with Gasteiger partial charge in [-0.15, -0.1) is 0 Å². The zero-order chi connectivity index (χ0) is 17.0. The quantitative estimate of drug-likeness (QED) is 0.908. The van der Waals surface area contributed by atoms with E-state index in [4.69, 9.17) is 10.5 Å². The Morgan fingerprint density at radius 3 is 2.78 bits per heavy atom. The van der Waals surface area contributed by atoms with E-state index in [9.17, 15) is 4.79 Å². The zero-order valence-electron chi connectivity index (χ0n) is 14.8. The minimum atomic E-state index is -0.000200. The first-order valence-electron chi connectivity index (χ1n) is 8.48. The molecule has 1 amide bonds. The van der Waals surface area contributed by atoms with Gasteiger partial charge in [-0.2, -0.15) is 0 Å². The number of piperidine rings is 1. The summed E-state index contributed by atoms with van der Waals surface area (Å²) in [7, 11) is 1.69. The monoisotopic (exact) mass is 318 g/mol. The third kappa shape index (κ3) is 4.47. The maximum Gasteiger partial charge on any atom is 0.222 e. The molecule has 2 atom stereocenters. The summed E-state index contributed by atoms with van der Waals surface area (Å²) in [5, 5.41) is 0. The Balaban J connectivity index is 1.92. The lowest BCUT2D eigenvalue weighted by atomic mass is 9.79. The molecule has 0 aromatic heterocycles. The first-order valence-corrected chi connectivity index (χ1v) is 8.48. The van der Waals surface area contributed by atoms with E-state index < -0.39 is 0 Å². The molecule has 1 aliphatic rings. The van der Waals surface area contributed by atoms with Crippen LogP contribution in [0.5, 0.6) is 5.75 Å². The fourth-order valence-electron chi connectivity index (χ4n) is 3.33. The van der Waals surface area contributed by atoms with Crippen LogP contribution in [0.25, 0.3) is 0 Å². The Bertz CT molecular complexity index is 542. The van der Waals surface area contributed by atoms with Crippen LogP contribution in [0.3, 0.4) is 0 Å². The summed E-state index contributed by atoms with van der Waals surface area (Å²) in [6.45, 7) is 7.97. The lowest BCUT2D eigenvalue weighted by Gasteiger charge is -2.42. The summed E-state index contributed by atoms with van der Waals surface area (Å²) in [4.78, 5) is 14.6. The molecule has 0 bridgehead atoms. The fraction of sp³-hybridized carbons (Fsp3) is 0.632. The summed E-state index contributed by atoms with van der Waals surface area (Å²) in [5.74, 6) is 1.43. The van der Waals surface area contributed by atoms with Gasteiger partial charge in [-0.25, -0.2) is 0 Å². The second-order valence-corrected chi connectivity index (χ2v) is 7.52. The predicted octanol–water partition coefficient (Wildman–Crippen LogP) is 2.85. The van der Waals surface area contributed by atoms with Crippen molar-refractivity contribution in [1.29, 1.82) is 0 Å². The lowest BCUT2D eigenvalue weighted by Crippen LogP contribution is -2.54. The lowest BCUT2D eigenvalue weighted by molar-refractivity contribution is -0.135. The normalized spacial score (nSPS) is 21.8. The van der Waals surface area contributed by atoms with Crippen molar-refractivity contribution >= 4 is 5.91 Å². The molecule has 1 aromatic carbocycles. The van der Waals surface area contributed by atoms with Gasteiger partial charge in [-0.3, -0.25) is 4.79 Å². The number of amides is 1. The molecular weight excluding hydrogens is 288 g/mol. The number of rotatable bonds is 5. The van der Waals surface area contributed by atoms with Crippen molar-refractivity contribution in [2.45, 2.75) is 46.1 Å². The molecular formula is C19H30N2O2. The van der Waals surface area contributed by atoms with Crippen LogP contribution < -0.4 is 10.5 Å². The number of carbonyl (C=O) groups is 1. The zero-order valence-corrected chi connectivity index (χ0v) is 14.8. The van der Waals surface area contributed by atoms with Gasteiger partial charge in [-0.1, -0.05) is 39.0 Å². The third-order valence-corrected chi connectivity index (χ3v) is 4.95. The molecule has 2 rings (SSSR count). The maximum absolute atomic E-state index is 12.6. The van der Waals surface area contributed by atoms with Crippen molar-refractivity contribution in [2.75, 3.05) is 20.2 Å². The Labute approximate surface area is 140 Å². The molecule has 128 valence electrons. The van der Waals surface area contributed by atoms with Gasteiger partial charge in [0.1, 0.15) is 5.75 Å². The molecule has 4 heteroatoms. The second-order valence-electron chi connectivity index (χ2n) is 7.52. The van der Waals surface area contributed by atoms with Crippen molar-refractivity contribution in [2.24, 2.45) is 17.1 Å². The number of para-hydroxylation sites is 1. The minimum absolute atomic E-state index is 0.000200. The average Bonchev–Trinajstić information content (AvgIpc) is 2.50. The van der Waals surface area contributed by atoms with Crippen molar-refractivity contribution in [3.8, 4) is 5.75 Å². The number of benzene rings is 1. The number of nitrogens with two attached hydrogens (primary N) is 1. The number of nitrogens with zero attached hydrogens (tertiary/aromatic N) is 1. The van der Waals surface area contributed by atoms with Crippen LogP contribution in [-0.2, 0) is 11.2 Å². The molecule has 4 nitrogen and oxygen atoms in total. The van der Waals surface area contributed by atoms with E-state index in [1.54, 1.807) is 7.11 Å². The number of hydrogen-bond donors (Lipinski definition) is 1. The summed E-state index contributed by atoms with van der Waals surface area (Å²) >= 11 is 0. The number of ether oxygens (including phenoxy) is 1. The standard InChI is InChI=1S/C19H30N2O2/c1-14(11-15-7-5-6-8-16(15)23-4)12-18(22)21-10-9-17(20)19(2,3)13-21/h5-8,14,17H,9-13,20H2,1-4H3. The SMILES string of the molecule is COc1ccccc1CC(C)CC(=O)N1CCC(N)C(C)(C)C1. The molecule has 1 aliphatic heterocycles. The van der Waals surface area contributed by atoms with Crippen molar-refractivity contribution in [1.82, 2.24) is 4.90 Å². The van der Waals surface area contributed by atoms with Crippen LogP contribution >= 0.6 is 0 Å². The smallest absolute Gasteiger partial charge is 0.222 e. The van der Waals surface area contributed by atoms with Crippen molar-refractivity contribution < 1.29 is 9.53 Å². The van der Waals surface area contributed by atoms with Crippen LogP contribution in [0.15, 0.2) is 24.3 Å². The van der Waals surface area contributed by atoms with Gasteiger partial charge in [-0.05, 0) is 35.8 Å². The topological polar surface area (TPSA) is 55.6 Å². The second kappa shape index (κ2) is 7.35. The summed E-state index contributed by atoms with van der Waals surface area (Å²) in [5.41, 5.74) is 7.32. The molecule has 0 radical (unpaired) electrons. The van der Waals surface area contributed by atoms with Crippen LogP contribution in [0.4, 0.5) is 0 Å². The average molecular weight is 318 g/mol. The highest BCUT2D eigenvalue weighted by molar-refractivity contribution is 5.76. The summed E-state index contributed by atoms with van der Waals surface area (Å²) < 4.78 is 5.40. The Morgan fingerprint density at radius 2 is 2.13 bits per heavy atom. The van der Waals surface area contributed by atoms with Gasteiger partial charge in [0.25, 0.3) is 0 Å². The van der Waals surface area contributed by atoms with Crippen LogP contribution in [0.1, 0.15) is 39.2 Å². The molecule has 23 heavy (non-hydrogen) atoms. The van der Waals surface area contributed by atoms with E-state index in [-0.39, 0.29) is 23.3 Å². The van der Waals surface area contributed by atoms with Gasteiger partial charge in [0.05, 0.1) is 7.11 Å². The fourth-order valence-corrected chi connectivity index (χ4v) is 3.33. The van der Waals surface area contributed by atoms with E-state index in [2.05, 4.69) is 26.8 Å². The molecule has 2 unspecified atom stereocenters. The van der Waals surface area contributed by atoms with Crippen LogP contribution in [-0.4, -0.2) is 37.0 Å². The highest BCUT2D eigenvalue weighted by Crippen LogP contribution is 2.29. The molecule has 1 heterocycles. The van der Waals surface area contributed by atoms with E-state index >= 15 is 0 Å². The Morgan fingerprint density at radius 1 is 1.43 bits per heavy atom. The number of hydrogen-bond acceptors (Lipinski definition) is 3. The molecule has 0 spiro atoms. The molecule has 0 saturated carbocycles. The number of carbonyl (C=O) groups excluding carboxylic acids is 1. The Kier molecular flexibility index (Phi) is 5.69. The van der Waals surface area contributed by atoms with Gasteiger partial charge in [0, 0.05) is 25.6 Å². The predicted molar refractivity (Wildman–Crippen MR) is 93.4 cm³/mol. The molecule has 1 saturated heterocycles. The Hall–Kier alpha value is -1.55. The van der Waals surface area contributed by atoms with Crippen LogP contribution in [0.2, 0.25) is 0 Å². The maximum atomic E-state index is 12.6. The van der Waals surface area contributed by atoms with E-state index in [0.29, 0.717) is 6.42 Å². The molecule has 1 fully saturated rings. The largest absolute Gasteiger partial charge is 0.496 e. The first-order chi connectivity index (χ1) is 10.8. The summed E-state index contributed by atoms with van der Waals surface area (Å²) in [6.07, 6.45) is 2.31. The van der Waals surface area contributed by atoms with Gasteiger partial charge < -0.3 is 15.4 Å². The van der Waals surface area contributed by atoms with Crippen LogP contribution in [0, 0.1) is 11.3 Å². The number of methoxy groups -OCH3 is 1. The third-order valence-electron chi connectivity index (χ3n) is 4.95. The summed E-state index contributed by atoms with van der Waals surface area (Å²) in [6, 6.07) is 8.21. The van der Waals surface area contributed by atoms with Crippen molar-refractivity contribution in [3.63, 3.8) is 0 Å². The number of likely N-dealkylation sites (tertiary alicyclic amines) is 1. The highest BCUT2D eigenvalue weighted by atomic mass is 16.5. The molecule has 2 N–H and O–H groups in total. The molecule has 0 aliphatic carbocycles. The van der Waals surface area contributed by atoms with Crippen molar-refractivity contribution in [3.05, 3.63) is 29.8 Å². The van der Waals surface area contributed by atoms with Gasteiger partial charge in [0.2, 0.25) is 5.91 Å². The molecule has 1 aromatic rings. The van der Waals surface area contributed by atoms with Gasteiger partial charge >= 0.3 is 0 Å². The van der Waals surface area contributed by atoms with Gasteiger partial charge in [0.15, 0.2) is 0 Å².